The van der Waals surface area contributed by atoms with Crippen LogP contribution < -0.4 is 0 Å². The molecule has 6 nitrogen and oxygen atoms in total. The first-order valence-electron chi connectivity index (χ1n) is 7.37. The lowest BCUT2D eigenvalue weighted by atomic mass is 9.95. The average Bonchev–Trinajstić information content (AvgIpc) is 3.22. The molecule has 1 saturated heterocycles. The summed E-state index contributed by atoms with van der Waals surface area (Å²) in [5.74, 6) is 0.379. The van der Waals surface area contributed by atoms with Gasteiger partial charge in [0.25, 0.3) is 0 Å². The van der Waals surface area contributed by atoms with Crippen LogP contribution in [0.5, 0.6) is 11.8 Å². The Labute approximate surface area is 125 Å². The van der Waals surface area contributed by atoms with Crippen molar-refractivity contribution in [1.82, 2.24) is 4.57 Å². The molecule has 0 bridgehead atoms. The smallest absolute Gasteiger partial charge is 0.334 e. The van der Waals surface area contributed by atoms with E-state index in [1.807, 2.05) is 6.55 Å². The topological polar surface area (TPSA) is 76.4 Å². The summed E-state index contributed by atoms with van der Waals surface area (Å²) in [6.45, 7) is 2.58. The van der Waals surface area contributed by atoms with Gasteiger partial charge in [-0.25, -0.2) is 0 Å². The van der Waals surface area contributed by atoms with Gasteiger partial charge in [0.15, 0.2) is 11.8 Å². The standard InChI is InChI=1S/C14H23NO5Si/c1-18-21(3,19-2)6-4-5-15-13(16)9-7-11-12(20-11)8-10(9)14(15)17/h11-12,16-17H,4-8H2,1-3H3. The zero-order chi connectivity index (χ0) is 15.2. The molecule has 1 aromatic rings. The summed E-state index contributed by atoms with van der Waals surface area (Å²) < 4.78 is 18.0. The van der Waals surface area contributed by atoms with Crippen LogP contribution in [0.25, 0.3) is 0 Å². The Hall–Kier alpha value is -1.02. The summed E-state index contributed by atoms with van der Waals surface area (Å²) in [5.41, 5.74) is 1.70. The molecule has 0 saturated carbocycles. The molecule has 1 fully saturated rings. The van der Waals surface area contributed by atoms with Crippen molar-refractivity contribution in [2.45, 2.75) is 50.6 Å². The van der Waals surface area contributed by atoms with Gasteiger partial charge in [-0.15, -0.1) is 0 Å². The summed E-state index contributed by atoms with van der Waals surface area (Å²) in [7, 11) is 1.25. The summed E-state index contributed by atoms with van der Waals surface area (Å²) in [6, 6.07) is 0.816. The Morgan fingerprint density at radius 3 is 2.14 bits per heavy atom. The van der Waals surface area contributed by atoms with E-state index >= 15 is 0 Å². The molecule has 2 aliphatic rings. The lowest BCUT2D eigenvalue weighted by Gasteiger charge is -2.22. The molecule has 1 aromatic heterocycles. The van der Waals surface area contributed by atoms with Gasteiger partial charge in [-0.3, -0.25) is 4.57 Å². The predicted molar refractivity (Wildman–Crippen MR) is 78.9 cm³/mol. The first-order chi connectivity index (χ1) is 9.99. The van der Waals surface area contributed by atoms with Gasteiger partial charge in [0, 0.05) is 44.7 Å². The molecule has 118 valence electrons. The monoisotopic (exact) mass is 313 g/mol. The van der Waals surface area contributed by atoms with Crippen molar-refractivity contribution in [3.63, 3.8) is 0 Å². The van der Waals surface area contributed by atoms with Crippen molar-refractivity contribution >= 4 is 8.56 Å². The minimum absolute atomic E-state index is 0.189. The summed E-state index contributed by atoms with van der Waals surface area (Å²) in [4.78, 5) is 0. The highest BCUT2D eigenvalue weighted by atomic mass is 28.4. The average molecular weight is 313 g/mol. The van der Waals surface area contributed by atoms with Crippen LogP contribution in [-0.2, 0) is 33.0 Å². The van der Waals surface area contributed by atoms with Gasteiger partial charge in [0.1, 0.15) is 0 Å². The third-order valence-corrected chi connectivity index (χ3v) is 7.78. The second kappa shape index (κ2) is 5.31. The lowest BCUT2D eigenvalue weighted by molar-refractivity contribution is 0.247. The van der Waals surface area contributed by atoms with Crippen molar-refractivity contribution in [3.05, 3.63) is 11.1 Å². The van der Waals surface area contributed by atoms with E-state index in [0.29, 0.717) is 19.4 Å². The number of hydrogen-bond acceptors (Lipinski definition) is 5. The number of aromatic nitrogens is 1. The molecule has 1 aliphatic heterocycles. The van der Waals surface area contributed by atoms with Crippen LogP contribution in [0, 0.1) is 0 Å². The van der Waals surface area contributed by atoms with Crippen molar-refractivity contribution in [3.8, 4) is 11.8 Å². The second-order valence-electron chi connectivity index (χ2n) is 6.02. The van der Waals surface area contributed by atoms with Gasteiger partial charge in [0.2, 0.25) is 0 Å². The SMILES string of the molecule is CO[Si](C)(CCCn1c(O)c2c(c1O)CC1OC1C2)OC. The second-order valence-corrected chi connectivity index (χ2v) is 9.61. The molecule has 2 heterocycles. The molecule has 3 rings (SSSR count). The number of fused-ring (bicyclic) bond motifs is 2. The zero-order valence-electron chi connectivity index (χ0n) is 12.8. The molecule has 0 spiro atoms. The largest absolute Gasteiger partial charge is 0.494 e. The van der Waals surface area contributed by atoms with E-state index in [2.05, 4.69) is 0 Å². The van der Waals surface area contributed by atoms with E-state index in [1.165, 1.54) is 0 Å². The van der Waals surface area contributed by atoms with Gasteiger partial charge in [-0.05, 0) is 19.0 Å². The van der Waals surface area contributed by atoms with E-state index in [0.717, 1.165) is 23.6 Å². The highest BCUT2D eigenvalue weighted by Crippen LogP contribution is 2.45. The van der Waals surface area contributed by atoms with Crippen molar-refractivity contribution in [2.24, 2.45) is 0 Å². The van der Waals surface area contributed by atoms with E-state index in [9.17, 15) is 10.2 Å². The summed E-state index contributed by atoms with van der Waals surface area (Å²) in [5, 5.41) is 20.7. The van der Waals surface area contributed by atoms with Gasteiger partial charge >= 0.3 is 8.56 Å². The van der Waals surface area contributed by atoms with E-state index in [-0.39, 0.29) is 24.0 Å². The molecule has 0 radical (unpaired) electrons. The molecule has 1 aliphatic carbocycles. The maximum atomic E-state index is 10.3. The first kappa shape index (κ1) is 14.9. The number of rotatable bonds is 6. The van der Waals surface area contributed by atoms with Crippen LogP contribution in [-0.4, -0.2) is 49.8 Å². The van der Waals surface area contributed by atoms with Gasteiger partial charge in [-0.2, -0.15) is 0 Å². The third-order valence-electron chi connectivity index (χ3n) is 4.79. The molecule has 21 heavy (non-hydrogen) atoms. The minimum atomic E-state index is -2.10. The quantitative estimate of drug-likeness (QED) is 0.615. The maximum absolute atomic E-state index is 10.3. The highest BCUT2D eigenvalue weighted by molar-refractivity contribution is 6.65. The zero-order valence-corrected chi connectivity index (χ0v) is 13.8. The van der Waals surface area contributed by atoms with E-state index in [4.69, 9.17) is 13.6 Å². The molecule has 2 atom stereocenters. The fourth-order valence-electron chi connectivity index (χ4n) is 3.12. The molecule has 0 aromatic carbocycles. The molecular formula is C14H23NO5Si. The molecular weight excluding hydrogens is 290 g/mol. The molecule has 2 N–H and O–H groups in total. The predicted octanol–water partition coefficient (Wildman–Crippen LogP) is 1.52. The van der Waals surface area contributed by atoms with Gasteiger partial charge in [-0.1, -0.05) is 0 Å². The molecule has 0 amide bonds. The van der Waals surface area contributed by atoms with E-state index < -0.39 is 8.56 Å². The van der Waals surface area contributed by atoms with Crippen LogP contribution in [0.2, 0.25) is 12.6 Å². The van der Waals surface area contributed by atoms with Gasteiger partial charge < -0.3 is 23.8 Å². The van der Waals surface area contributed by atoms with Crippen LogP contribution in [0.4, 0.5) is 0 Å². The summed E-state index contributed by atoms with van der Waals surface area (Å²) >= 11 is 0. The van der Waals surface area contributed by atoms with Crippen LogP contribution in [0.1, 0.15) is 17.5 Å². The Bertz CT molecular complexity index is 506. The molecule has 2 unspecified atom stereocenters. The number of ether oxygens (including phenoxy) is 1. The minimum Gasteiger partial charge on any atom is -0.494 e. The third kappa shape index (κ3) is 2.59. The highest BCUT2D eigenvalue weighted by Gasteiger charge is 2.46. The number of nitrogens with zero attached hydrogens (tertiary/aromatic N) is 1. The Morgan fingerprint density at radius 1 is 1.14 bits per heavy atom. The number of aromatic hydroxyl groups is 2. The number of epoxide rings is 1. The maximum Gasteiger partial charge on any atom is 0.334 e. The normalized spacial score (nSPS) is 23.8. The Morgan fingerprint density at radius 2 is 1.67 bits per heavy atom. The lowest BCUT2D eigenvalue weighted by Crippen LogP contribution is -2.36. The van der Waals surface area contributed by atoms with Gasteiger partial charge in [0.05, 0.1) is 12.2 Å². The number of hydrogen-bond donors (Lipinski definition) is 2. The van der Waals surface area contributed by atoms with Crippen LogP contribution in [0.3, 0.4) is 0 Å². The Kier molecular flexibility index (Phi) is 3.77. The first-order valence-corrected chi connectivity index (χ1v) is 9.89. The Balaban J connectivity index is 1.69. The van der Waals surface area contributed by atoms with E-state index in [1.54, 1.807) is 18.8 Å². The van der Waals surface area contributed by atoms with Crippen LogP contribution >= 0.6 is 0 Å². The van der Waals surface area contributed by atoms with Crippen molar-refractivity contribution in [2.75, 3.05) is 14.2 Å². The summed E-state index contributed by atoms with van der Waals surface area (Å²) in [6.07, 6.45) is 2.67. The van der Waals surface area contributed by atoms with Crippen molar-refractivity contribution < 1.29 is 23.8 Å². The fourth-order valence-corrected chi connectivity index (χ4v) is 4.50. The van der Waals surface area contributed by atoms with Crippen LogP contribution in [0.15, 0.2) is 0 Å². The van der Waals surface area contributed by atoms with Crippen molar-refractivity contribution in [1.29, 1.82) is 0 Å². The fraction of sp³-hybridized carbons (Fsp3) is 0.714. The molecule has 7 heteroatoms.